The normalized spacial score (nSPS) is 13.1. The van der Waals surface area contributed by atoms with Crippen LogP contribution in [0.25, 0.3) is 0 Å². The van der Waals surface area contributed by atoms with Gasteiger partial charge >= 0.3 is 5.97 Å². The van der Waals surface area contributed by atoms with Gasteiger partial charge in [0.2, 0.25) is 0 Å². The molecule has 6 heteroatoms. The van der Waals surface area contributed by atoms with E-state index >= 15 is 0 Å². The van der Waals surface area contributed by atoms with Crippen molar-refractivity contribution in [3.05, 3.63) is 16.1 Å². The van der Waals surface area contributed by atoms with E-state index in [-0.39, 0.29) is 11.4 Å². The number of halogens is 2. The summed E-state index contributed by atoms with van der Waals surface area (Å²) in [5.41, 5.74) is 0. The first-order valence-electron chi connectivity index (χ1n) is 3.96. The highest BCUT2D eigenvalue weighted by Crippen LogP contribution is 2.25. The van der Waals surface area contributed by atoms with Gasteiger partial charge < -0.3 is 5.11 Å². The van der Waals surface area contributed by atoms with Crippen LogP contribution in [-0.2, 0) is 11.2 Å². The molecular formula is C8H9F2NO2S. The molecule has 0 saturated heterocycles. The first kappa shape index (κ1) is 11.0. The highest BCUT2D eigenvalue weighted by molar-refractivity contribution is 7.11. The Labute approximate surface area is 83.4 Å². The summed E-state index contributed by atoms with van der Waals surface area (Å²) < 4.78 is 24.2. The van der Waals surface area contributed by atoms with Crippen LogP contribution < -0.4 is 0 Å². The van der Waals surface area contributed by atoms with Crippen LogP contribution in [0.4, 0.5) is 8.78 Å². The van der Waals surface area contributed by atoms with E-state index in [2.05, 4.69) is 4.98 Å². The third-order valence-corrected chi connectivity index (χ3v) is 2.71. The Bertz CT molecular complexity index is 327. The van der Waals surface area contributed by atoms with Gasteiger partial charge in [0, 0.05) is 11.1 Å². The van der Waals surface area contributed by atoms with Crippen molar-refractivity contribution in [2.75, 3.05) is 0 Å². The molecule has 0 aromatic carbocycles. The van der Waals surface area contributed by atoms with E-state index in [9.17, 15) is 13.6 Å². The lowest BCUT2D eigenvalue weighted by atomic mass is 10.1. The zero-order valence-electron chi connectivity index (χ0n) is 7.41. The van der Waals surface area contributed by atoms with Crippen LogP contribution in [0.2, 0.25) is 0 Å². The Hall–Kier alpha value is -1.04. The predicted octanol–water partition coefficient (Wildman–Crippen LogP) is 2.34. The lowest BCUT2D eigenvalue weighted by molar-refractivity contribution is -0.141. The van der Waals surface area contributed by atoms with Crippen LogP contribution in [0, 0.1) is 5.92 Å². The van der Waals surface area contributed by atoms with Gasteiger partial charge in [0.1, 0.15) is 0 Å². The van der Waals surface area contributed by atoms with Crippen molar-refractivity contribution in [1.29, 1.82) is 0 Å². The first-order chi connectivity index (χ1) is 6.50. The molecule has 1 aromatic heterocycles. The maximum Gasteiger partial charge on any atom is 0.306 e. The van der Waals surface area contributed by atoms with Gasteiger partial charge in [-0.25, -0.2) is 13.8 Å². The largest absolute Gasteiger partial charge is 0.481 e. The van der Waals surface area contributed by atoms with Crippen LogP contribution in [0.5, 0.6) is 0 Å². The molecule has 1 rings (SSSR count). The minimum atomic E-state index is -2.58. The number of carboxylic acid groups (broad SMARTS) is 1. The quantitative estimate of drug-likeness (QED) is 0.849. The Morgan fingerprint density at radius 2 is 2.36 bits per heavy atom. The highest BCUT2D eigenvalue weighted by Gasteiger charge is 2.16. The molecule has 0 saturated carbocycles. The SMILES string of the molecule is CC(Cc1cnc(C(F)F)s1)C(=O)O. The van der Waals surface area contributed by atoms with Crippen molar-refractivity contribution < 1.29 is 18.7 Å². The van der Waals surface area contributed by atoms with E-state index in [4.69, 9.17) is 5.11 Å². The van der Waals surface area contributed by atoms with E-state index in [1.807, 2.05) is 0 Å². The van der Waals surface area contributed by atoms with Gasteiger partial charge in [-0.05, 0) is 6.42 Å². The smallest absolute Gasteiger partial charge is 0.306 e. The summed E-state index contributed by atoms with van der Waals surface area (Å²) >= 11 is 0.862. The number of aliphatic carboxylic acids is 1. The van der Waals surface area contributed by atoms with Crippen molar-refractivity contribution in [1.82, 2.24) is 4.98 Å². The summed E-state index contributed by atoms with van der Waals surface area (Å²) in [6, 6.07) is 0. The van der Waals surface area contributed by atoms with E-state index in [0.29, 0.717) is 4.88 Å². The van der Waals surface area contributed by atoms with Crippen molar-refractivity contribution in [3.63, 3.8) is 0 Å². The molecule has 1 heterocycles. The number of hydrogen-bond acceptors (Lipinski definition) is 3. The number of aromatic nitrogens is 1. The molecule has 1 N–H and O–H groups in total. The summed E-state index contributed by atoms with van der Waals surface area (Å²) in [5, 5.41) is 8.34. The molecule has 0 aliphatic carbocycles. The molecule has 0 aliphatic heterocycles. The Kier molecular flexibility index (Phi) is 3.51. The lowest BCUT2D eigenvalue weighted by Gasteiger charge is -2.01. The second-order valence-electron chi connectivity index (χ2n) is 2.91. The third kappa shape index (κ3) is 2.73. The van der Waals surface area contributed by atoms with Crippen LogP contribution in [0.15, 0.2) is 6.20 Å². The Morgan fingerprint density at radius 1 is 1.71 bits per heavy atom. The fourth-order valence-electron chi connectivity index (χ4n) is 0.907. The van der Waals surface area contributed by atoms with Crippen molar-refractivity contribution in [3.8, 4) is 0 Å². The van der Waals surface area contributed by atoms with E-state index < -0.39 is 18.3 Å². The molecule has 14 heavy (non-hydrogen) atoms. The summed E-state index contributed by atoms with van der Waals surface area (Å²) in [6.07, 6.45) is -1.01. The summed E-state index contributed by atoms with van der Waals surface area (Å²) in [6.45, 7) is 1.53. The molecule has 0 radical (unpaired) electrons. The maximum atomic E-state index is 12.1. The van der Waals surface area contributed by atoms with E-state index in [0.717, 1.165) is 11.3 Å². The Balaban J connectivity index is 2.64. The molecule has 0 amide bonds. The van der Waals surface area contributed by atoms with Gasteiger partial charge in [0.25, 0.3) is 6.43 Å². The van der Waals surface area contributed by atoms with Gasteiger partial charge in [0.15, 0.2) is 5.01 Å². The standard InChI is InChI=1S/C8H9F2NO2S/c1-4(8(12)13)2-5-3-11-7(14-5)6(9)10/h3-4,6H,2H2,1H3,(H,12,13). The minimum absolute atomic E-state index is 0.250. The number of hydrogen-bond donors (Lipinski definition) is 1. The van der Waals surface area contributed by atoms with Gasteiger partial charge in [0.05, 0.1) is 5.92 Å². The van der Waals surface area contributed by atoms with Gasteiger partial charge in [-0.15, -0.1) is 11.3 Å². The van der Waals surface area contributed by atoms with Crippen molar-refractivity contribution in [2.45, 2.75) is 19.8 Å². The number of nitrogens with zero attached hydrogens (tertiary/aromatic N) is 1. The molecule has 1 aromatic rings. The second kappa shape index (κ2) is 4.45. The average Bonchev–Trinajstić information content (AvgIpc) is 2.52. The third-order valence-electron chi connectivity index (χ3n) is 1.69. The number of carboxylic acids is 1. The number of alkyl halides is 2. The predicted molar refractivity (Wildman–Crippen MR) is 47.6 cm³/mol. The zero-order chi connectivity index (χ0) is 10.7. The molecule has 3 nitrogen and oxygen atoms in total. The van der Waals surface area contributed by atoms with Crippen LogP contribution >= 0.6 is 11.3 Å². The minimum Gasteiger partial charge on any atom is -0.481 e. The number of thiazole rings is 1. The molecule has 0 fully saturated rings. The fraction of sp³-hybridized carbons (Fsp3) is 0.500. The molecular weight excluding hydrogens is 212 g/mol. The van der Waals surface area contributed by atoms with Crippen LogP contribution in [-0.4, -0.2) is 16.1 Å². The molecule has 78 valence electrons. The van der Waals surface area contributed by atoms with Crippen LogP contribution in [0.3, 0.4) is 0 Å². The Morgan fingerprint density at radius 3 is 2.79 bits per heavy atom. The van der Waals surface area contributed by atoms with E-state index in [1.165, 1.54) is 13.1 Å². The van der Waals surface area contributed by atoms with E-state index in [1.54, 1.807) is 0 Å². The molecule has 0 spiro atoms. The summed E-state index contributed by atoms with van der Waals surface area (Å²) in [4.78, 5) is 14.6. The zero-order valence-corrected chi connectivity index (χ0v) is 8.22. The maximum absolute atomic E-state index is 12.1. The van der Waals surface area contributed by atoms with Crippen molar-refractivity contribution in [2.24, 2.45) is 5.92 Å². The highest BCUT2D eigenvalue weighted by atomic mass is 32.1. The molecule has 1 unspecified atom stereocenters. The lowest BCUT2D eigenvalue weighted by Crippen LogP contribution is -2.11. The molecule has 0 aliphatic rings. The average molecular weight is 221 g/mol. The summed E-state index contributed by atoms with van der Waals surface area (Å²) in [5.74, 6) is -1.50. The molecule has 1 atom stereocenters. The second-order valence-corrected chi connectivity index (χ2v) is 4.06. The number of carbonyl (C=O) groups is 1. The van der Waals surface area contributed by atoms with Gasteiger partial charge in [-0.3, -0.25) is 4.79 Å². The number of rotatable bonds is 4. The summed E-state index contributed by atoms with van der Waals surface area (Å²) in [7, 11) is 0. The van der Waals surface area contributed by atoms with Gasteiger partial charge in [-0.2, -0.15) is 0 Å². The topological polar surface area (TPSA) is 50.2 Å². The van der Waals surface area contributed by atoms with Gasteiger partial charge in [-0.1, -0.05) is 6.92 Å². The fourth-order valence-corrected chi connectivity index (χ4v) is 1.81. The van der Waals surface area contributed by atoms with Crippen LogP contribution in [0.1, 0.15) is 23.2 Å². The first-order valence-corrected chi connectivity index (χ1v) is 4.78. The molecule has 0 bridgehead atoms. The van der Waals surface area contributed by atoms with Crippen molar-refractivity contribution >= 4 is 17.3 Å². The monoisotopic (exact) mass is 221 g/mol.